The number of halogens is 3. The van der Waals surface area contributed by atoms with Gasteiger partial charge in [-0.05, 0) is 55.9 Å². The topological polar surface area (TPSA) is 61.7 Å². The van der Waals surface area contributed by atoms with Crippen molar-refractivity contribution in [2.24, 2.45) is 0 Å². The summed E-state index contributed by atoms with van der Waals surface area (Å²) in [6.45, 7) is 2.31. The van der Waals surface area contributed by atoms with Crippen molar-refractivity contribution >= 4 is 5.69 Å². The van der Waals surface area contributed by atoms with E-state index in [0.29, 0.717) is 36.5 Å². The molecule has 0 saturated carbocycles. The summed E-state index contributed by atoms with van der Waals surface area (Å²) in [5.74, 6) is 0.239. The molecule has 0 aliphatic carbocycles. The second-order valence-corrected chi connectivity index (χ2v) is 8.21. The lowest BCUT2D eigenvalue weighted by molar-refractivity contribution is -0.153. The number of hydrogen-bond donors (Lipinski definition) is 1. The Morgan fingerprint density at radius 1 is 1.22 bits per heavy atom. The first kappa shape index (κ1) is 22.5. The number of aromatic nitrogens is 1. The monoisotopic (exact) mass is 452 g/mol. The van der Waals surface area contributed by atoms with Crippen LogP contribution in [0.5, 0.6) is 11.5 Å². The number of aryl methyl sites for hydroxylation is 1. The maximum atomic E-state index is 12.9. The third kappa shape index (κ3) is 4.72. The molecule has 1 aromatic carbocycles. The minimum Gasteiger partial charge on any atom is -0.493 e. The van der Waals surface area contributed by atoms with Gasteiger partial charge in [0.05, 0.1) is 18.9 Å². The number of anilines is 1. The van der Waals surface area contributed by atoms with Crippen LogP contribution < -0.4 is 20.3 Å². The van der Waals surface area contributed by atoms with E-state index in [1.807, 2.05) is 6.92 Å². The highest BCUT2D eigenvalue weighted by Crippen LogP contribution is 2.41. The summed E-state index contributed by atoms with van der Waals surface area (Å²) in [5, 5.41) is 3.34. The molecule has 1 N–H and O–H groups in total. The molecule has 4 rings (SSSR count). The van der Waals surface area contributed by atoms with Crippen LogP contribution in [0, 0.1) is 6.92 Å². The summed E-state index contributed by atoms with van der Waals surface area (Å²) in [6.07, 6.45) is -0.646. The molecule has 1 aromatic heterocycles. The summed E-state index contributed by atoms with van der Waals surface area (Å²) in [5.41, 5.74) is 3.67. The lowest BCUT2D eigenvalue weighted by Gasteiger charge is -2.28. The summed E-state index contributed by atoms with van der Waals surface area (Å²) < 4.78 is 55.9. The Labute approximate surface area is 184 Å². The number of nitrogens with one attached hydrogen (secondary N) is 1. The molecule has 9 heteroatoms. The van der Waals surface area contributed by atoms with Gasteiger partial charge in [-0.3, -0.25) is 4.79 Å². The van der Waals surface area contributed by atoms with E-state index in [4.69, 9.17) is 14.2 Å². The average molecular weight is 452 g/mol. The predicted octanol–water partition coefficient (Wildman–Crippen LogP) is 4.31. The summed E-state index contributed by atoms with van der Waals surface area (Å²) in [7, 11) is 1.39. The van der Waals surface area contributed by atoms with Crippen molar-refractivity contribution in [3.63, 3.8) is 0 Å². The zero-order chi connectivity index (χ0) is 22.9. The SMILES string of the molecule is COc1cc2c(cc1OCC(F)(F)F)-c1c(C)c(NCC3CCCCO3)cc(=O)n1CC2. The van der Waals surface area contributed by atoms with E-state index in [1.54, 1.807) is 22.8 Å². The van der Waals surface area contributed by atoms with Crippen LogP contribution in [0.2, 0.25) is 0 Å². The van der Waals surface area contributed by atoms with Crippen molar-refractivity contribution < 1.29 is 27.4 Å². The van der Waals surface area contributed by atoms with E-state index in [9.17, 15) is 18.0 Å². The van der Waals surface area contributed by atoms with Crippen LogP contribution in [0.15, 0.2) is 23.0 Å². The zero-order valence-electron chi connectivity index (χ0n) is 18.2. The van der Waals surface area contributed by atoms with Crippen molar-refractivity contribution in [2.45, 2.75) is 51.4 Å². The molecule has 1 saturated heterocycles. The van der Waals surface area contributed by atoms with Crippen molar-refractivity contribution in [1.29, 1.82) is 0 Å². The highest BCUT2D eigenvalue weighted by Gasteiger charge is 2.30. The number of alkyl halides is 3. The maximum Gasteiger partial charge on any atom is 0.422 e. The molecule has 174 valence electrons. The van der Waals surface area contributed by atoms with E-state index < -0.39 is 12.8 Å². The number of rotatable bonds is 6. The molecule has 0 radical (unpaired) electrons. The van der Waals surface area contributed by atoms with Gasteiger partial charge in [0.2, 0.25) is 0 Å². The fraction of sp³-hybridized carbons (Fsp3) is 0.522. The van der Waals surface area contributed by atoms with Gasteiger partial charge in [0, 0.05) is 37.0 Å². The van der Waals surface area contributed by atoms with E-state index in [1.165, 1.54) is 7.11 Å². The molecule has 1 fully saturated rings. The molecule has 0 bridgehead atoms. The van der Waals surface area contributed by atoms with Gasteiger partial charge in [0.1, 0.15) is 0 Å². The van der Waals surface area contributed by atoms with Gasteiger partial charge in [-0.25, -0.2) is 0 Å². The quantitative estimate of drug-likeness (QED) is 0.708. The fourth-order valence-electron chi connectivity index (χ4n) is 4.39. The first-order valence-electron chi connectivity index (χ1n) is 10.8. The number of nitrogens with zero attached hydrogens (tertiary/aromatic N) is 1. The van der Waals surface area contributed by atoms with Crippen LogP contribution in [0.4, 0.5) is 18.9 Å². The van der Waals surface area contributed by atoms with E-state index in [-0.39, 0.29) is 23.2 Å². The molecular weight excluding hydrogens is 425 g/mol. The summed E-state index contributed by atoms with van der Waals surface area (Å²) >= 11 is 0. The van der Waals surface area contributed by atoms with Crippen LogP contribution in [-0.4, -0.2) is 43.7 Å². The molecule has 32 heavy (non-hydrogen) atoms. The number of pyridine rings is 1. The van der Waals surface area contributed by atoms with Gasteiger partial charge in [-0.2, -0.15) is 13.2 Å². The molecule has 0 spiro atoms. The number of fused-ring (bicyclic) bond motifs is 3. The second kappa shape index (κ2) is 9.05. The van der Waals surface area contributed by atoms with Gasteiger partial charge in [0.15, 0.2) is 18.1 Å². The molecule has 1 unspecified atom stereocenters. The largest absolute Gasteiger partial charge is 0.493 e. The van der Waals surface area contributed by atoms with Gasteiger partial charge >= 0.3 is 6.18 Å². The third-order valence-corrected chi connectivity index (χ3v) is 6.00. The molecule has 2 aliphatic rings. The zero-order valence-corrected chi connectivity index (χ0v) is 18.2. The van der Waals surface area contributed by atoms with Crippen LogP contribution in [0.1, 0.15) is 30.4 Å². The molecule has 1 atom stereocenters. The standard InChI is InChI=1S/C23H27F3N2O4/c1-14-18(27-12-16-5-3-4-8-31-16)11-21(29)28-7-6-15-9-19(30-2)20(10-17(15)22(14)28)32-13-23(24,25)26/h9-11,16,27H,3-8,12-13H2,1-2H3. The van der Waals surface area contributed by atoms with Crippen LogP contribution in [-0.2, 0) is 17.7 Å². The molecule has 2 aromatic rings. The Morgan fingerprint density at radius 3 is 2.72 bits per heavy atom. The number of ether oxygens (including phenoxy) is 3. The highest BCUT2D eigenvalue weighted by atomic mass is 19.4. The van der Waals surface area contributed by atoms with E-state index in [2.05, 4.69) is 5.32 Å². The number of hydrogen-bond acceptors (Lipinski definition) is 5. The lowest BCUT2D eigenvalue weighted by atomic mass is 9.93. The molecule has 3 heterocycles. The number of methoxy groups -OCH3 is 1. The van der Waals surface area contributed by atoms with Crippen molar-refractivity contribution in [3.05, 3.63) is 39.7 Å². The van der Waals surface area contributed by atoms with Crippen LogP contribution >= 0.6 is 0 Å². The predicted molar refractivity (Wildman–Crippen MR) is 115 cm³/mol. The highest BCUT2D eigenvalue weighted by molar-refractivity contribution is 5.76. The van der Waals surface area contributed by atoms with E-state index >= 15 is 0 Å². The second-order valence-electron chi connectivity index (χ2n) is 8.21. The molecule has 6 nitrogen and oxygen atoms in total. The van der Waals surface area contributed by atoms with E-state index in [0.717, 1.165) is 37.0 Å². The summed E-state index contributed by atoms with van der Waals surface area (Å²) in [6, 6.07) is 4.83. The maximum absolute atomic E-state index is 12.9. The minimum atomic E-state index is -4.47. The third-order valence-electron chi connectivity index (χ3n) is 6.00. The van der Waals surface area contributed by atoms with Gasteiger partial charge in [-0.1, -0.05) is 0 Å². The van der Waals surface area contributed by atoms with Gasteiger partial charge in [0.25, 0.3) is 5.56 Å². The average Bonchev–Trinajstić information content (AvgIpc) is 2.78. The van der Waals surface area contributed by atoms with Gasteiger partial charge in [-0.15, -0.1) is 0 Å². The Bertz CT molecular complexity index is 1040. The molecule has 0 amide bonds. The Hall–Kier alpha value is -2.68. The number of benzene rings is 1. The van der Waals surface area contributed by atoms with Crippen LogP contribution in [0.25, 0.3) is 11.3 Å². The minimum absolute atomic E-state index is 0.00200. The Kier molecular flexibility index (Phi) is 6.37. The Balaban J connectivity index is 1.70. The first-order valence-corrected chi connectivity index (χ1v) is 10.8. The smallest absolute Gasteiger partial charge is 0.422 e. The van der Waals surface area contributed by atoms with Crippen molar-refractivity contribution in [2.75, 3.05) is 32.2 Å². The van der Waals surface area contributed by atoms with Crippen LogP contribution in [0.3, 0.4) is 0 Å². The normalized spacial score (nSPS) is 18.0. The first-order chi connectivity index (χ1) is 15.3. The van der Waals surface area contributed by atoms with Crippen molar-refractivity contribution in [1.82, 2.24) is 4.57 Å². The summed E-state index contributed by atoms with van der Waals surface area (Å²) in [4.78, 5) is 12.9. The Morgan fingerprint density at radius 2 is 2.03 bits per heavy atom. The fourth-order valence-corrected chi connectivity index (χ4v) is 4.39. The molecule has 2 aliphatic heterocycles. The lowest BCUT2D eigenvalue weighted by Crippen LogP contribution is -2.30. The van der Waals surface area contributed by atoms with Gasteiger partial charge < -0.3 is 24.1 Å². The molecular formula is C23H27F3N2O4. The van der Waals surface area contributed by atoms with Crippen molar-refractivity contribution in [3.8, 4) is 22.8 Å².